The third-order valence-corrected chi connectivity index (χ3v) is 8.14. The molecular weight excluding hydrogens is 288 g/mol. The van der Waals surface area contributed by atoms with E-state index in [-0.39, 0.29) is 16.6 Å². The zero-order valence-corrected chi connectivity index (χ0v) is 14.4. The molecule has 0 aromatic carbocycles. The first-order chi connectivity index (χ1) is 10.7. The molecule has 0 aromatic heterocycles. The lowest BCUT2D eigenvalue weighted by Crippen LogP contribution is -2.55. The summed E-state index contributed by atoms with van der Waals surface area (Å²) in [7, 11) is 0. The monoisotopic (exact) mass is 316 g/mol. The maximum Gasteiger partial charge on any atom is 0.178 e. The van der Waals surface area contributed by atoms with Gasteiger partial charge in [-0.2, -0.15) is 0 Å². The molecule has 7 atom stereocenters. The van der Waals surface area contributed by atoms with Crippen molar-refractivity contribution in [2.24, 2.45) is 28.6 Å². The van der Waals surface area contributed by atoms with E-state index in [1.54, 1.807) is 12.2 Å². The van der Waals surface area contributed by atoms with Crippen molar-refractivity contribution in [2.75, 3.05) is 0 Å². The topological polar surface area (TPSA) is 57.5 Å². The van der Waals surface area contributed by atoms with E-state index in [4.69, 9.17) is 0 Å². The van der Waals surface area contributed by atoms with Gasteiger partial charge in [0.2, 0.25) is 0 Å². The highest BCUT2D eigenvalue weighted by atomic mass is 16.3. The number of hydrogen-bond acceptors (Lipinski definition) is 3. The van der Waals surface area contributed by atoms with Crippen LogP contribution < -0.4 is 0 Å². The minimum atomic E-state index is -0.594. The van der Waals surface area contributed by atoms with Crippen LogP contribution >= 0.6 is 0 Å². The molecule has 0 radical (unpaired) electrons. The Balaban J connectivity index is 1.75. The minimum absolute atomic E-state index is 0.000535. The van der Waals surface area contributed by atoms with Gasteiger partial charge in [0.15, 0.2) is 5.78 Å². The molecule has 4 aliphatic rings. The smallest absolute Gasteiger partial charge is 0.178 e. The van der Waals surface area contributed by atoms with Gasteiger partial charge in [0.25, 0.3) is 0 Å². The Hall–Kier alpha value is -0.930. The largest absolute Gasteiger partial charge is 0.390 e. The molecule has 0 aliphatic heterocycles. The van der Waals surface area contributed by atoms with Gasteiger partial charge in [-0.25, -0.2) is 0 Å². The molecule has 7 unspecified atom stereocenters. The average molecular weight is 316 g/mol. The van der Waals surface area contributed by atoms with Gasteiger partial charge in [-0.05, 0) is 79.9 Å². The van der Waals surface area contributed by atoms with E-state index in [2.05, 4.69) is 13.8 Å². The summed E-state index contributed by atoms with van der Waals surface area (Å²) in [5.41, 5.74) is 0.0777. The zero-order valence-electron chi connectivity index (χ0n) is 14.4. The third kappa shape index (κ3) is 1.87. The number of aliphatic hydroxyl groups is 2. The Bertz CT molecular complexity index is 616. The lowest BCUT2D eigenvalue weighted by Gasteiger charge is -2.58. The van der Waals surface area contributed by atoms with Gasteiger partial charge in [-0.1, -0.05) is 19.9 Å². The summed E-state index contributed by atoms with van der Waals surface area (Å²) < 4.78 is 0. The van der Waals surface area contributed by atoms with E-state index in [0.717, 1.165) is 37.7 Å². The fourth-order valence-corrected chi connectivity index (χ4v) is 6.49. The molecule has 0 saturated heterocycles. The minimum Gasteiger partial charge on any atom is -0.390 e. The van der Waals surface area contributed by atoms with Crippen LogP contribution in [-0.4, -0.2) is 27.7 Å². The van der Waals surface area contributed by atoms with Crippen molar-refractivity contribution in [3.63, 3.8) is 0 Å². The van der Waals surface area contributed by atoms with Gasteiger partial charge in [0, 0.05) is 5.41 Å². The highest BCUT2D eigenvalue weighted by Gasteiger charge is 2.63. The fraction of sp³-hybridized carbons (Fsp3) is 0.750. The van der Waals surface area contributed by atoms with Crippen molar-refractivity contribution in [3.05, 3.63) is 23.8 Å². The van der Waals surface area contributed by atoms with E-state index >= 15 is 0 Å². The molecule has 4 rings (SSSR count). The van der Waals surface area contributed by atoms with Gasteiger partial charge >= 0.3 is 0 Å². The van der Waals surface area contributed by atoms with Crippen molar-refractivity contribution in [1.29, 1.82) is 0 Å². The Labute approximate surface area is 138 Å². The van der Waals surface area contributed by atoms with Crippen LogP contribution in [0.3, 0.4) is 0 Å². The molecule has 3 nitrogen and oxygen atoms in total. The van der Waals surface area contributed by atoms with Crippen molar-refractivity contribution >= 4 is 5.78 Å². The number of carbonyl (C=O) groups is 1. The quantitative estimate of drug-likeness (QED) is 0.722. The van der Waals surface area contributed by atoms with E-state index in [9.17, 15) is 15.0 Å². The van der Waals surface area contributed by atoms with E-state index < -0.39 is 11.7 Å². The molecule has 3 saturated carbocycles. The number of fused-ring (bicyclic) bond motifs is 5. The summed E-state index contributed by atoms with van der Waals surface area (Å²) in [6.45, 7) is 6.44. The molecule has 2 N–H and O–H groups in total. The molecule has 0 amide bonds. The van der Waals surface area contributed by atoms with E-state index in [0.29, 0.717) is 17.8 Å². The average Bonchev–Trinajstić information content (AvgIpc) is 2.72. The Morgan fingerprint density at radius 1 is 1.13 bits per heavy atom. The van der Waals surface area contributed by atoms with Crippen LogP contribution in [0.2, 0.25) is 0 Å². The highest BCUT2D eigenvalue weighted by molar-refractivity contribution is 6.01. The maximum atomic E-state index is 11.8. The summed E-state index contributed by atoms with van der Waals surface area (Å²) in [5, 5.41) is 21.6. The van der Waals surface area contributed by atoms with Crippen LogP contribution in [0.4, 0.5) is 0 Å². The lowest BCUT2D eigenvalue weighted by atomic mass is 9.47. The predicted molar refractivity (Wildman–Crippen MR) is 88.6 cm³/mol. The Kier molecular flexibility index (Phi) is 3.10. The van der Waals surface area contributed by atoms with Gasteiger partial charge in [0.05, 0.1) is 11.7 Å². The van der Waals surface area contributed by atoms with Gasteiger partial charge < -0.3 is 10.2 Å². The number of rotatable bonds is 0. The van der Waals surface area contributed by atoms with Crippen LogP contribution in [0.1, 0.15) is 52.9 Å². The molecule has 3 fully saturated rings. The Morgan fingerprint density at radius 3 is 2.57 bits per heavy atom. The standard InChI is InChI=1S/C20H28O3/c1-18-7-4-12(21)10-16(18)17(22)11-13-14(18)5-8-19(2)15(13)6-9-20(19,3)23/h4,7,10,13-15,17,22-23H,5-6,8-9,11H2,1-3H3. The maximum absolute atomic E-state index is 11.8. The first-order valence-corrected chi connectivity index (χ1v) is 9.05. The molecule has 0 spiro atoms. The first-order valence-electron chi connectivity index (χ1n) is 9.05. The number of allylic oxidation sites excluding steroid dienone is 3. The molecular formula is C20H28O3. The number of ketones is 1. The predicted octanol–water partition coefficient (Wildman–Crippen LogP) is 3.02. The van der Waals surface area contributed by atoms with Crippen LogP contribution in [0, 0.1) is 28.6 Å². The number of hydrogen-bond donors (Lipinski definition) is 2. The second kappa shape index (κ2) is 4.58. The molecule has 0 aromatic rings. The van der Waals surface area contributed by atoms with Crippen molar-refractivity contribution in [2.45, 2.75) is 64.6 Å². The summed E-state index contributed by atoms with van der Waals surface area (Å²) in [5.74, 6) is 1.36. The molecule has 0 bridgehead atoms. The summed E-state index contributed by atoms with van der Waals surface area (Å²) in [6.07, 6.45) is 9.61. The summed E-state index contributed by atoms with van der Waals surface area (Å²) in [6, 6.07) is 0. The summed E-state index contributed by atoms with van der Waals surface area (Å²) in [4.78, 5) is 11.8. The molecule has 3 heteroatoms. The zero-order chi connectivity index (χ0) is 16.6. The van der Waals surface area contributed by atoms with Crippen LogP contribution in [0.15, 0.2) is 23.8 Å². The SMILES string of the molecule is CC12C=CC(=O)C=C1C(O)CC1C2CCC2(C)C1CCC2(C)O. The number of aliphatic hydroxyl groups excluding tert-OH is 1. The van der Waals surface area contributed by atoms with E-state index in [1.165, 1.54) is 0 Å². The normalized spacial score (nSPS) is 55.0. The third-order valence-electron chi connectivity index (χ3n) is 8.14. The fourth-order valence-electron chi connectivity index (χ4n) is 6.49. The molecule has 0 heterocycles. The van der Waals surface area contributed by atoms with Crippen LogP contribution in [0.25, 0.3) is 0 Å². The molecule has 4 aliphatic carbocycles. The second-order valence-corrected chi connectivity index (χ2v) is 9.02. The van der Waals surface area contributed by atoms with Crippen LogP contribution in [0.5, 0.6) is 0 Å². The Morgan fingerprint density at radius 2 is 1.83 bits per heavy atom. The first kappa shape index (κ1) is 15.6. The molecule has 126 valence electrons. The van der Waals surface area contributed by atoms with Gasteiger partial charge in [0.1, 0.15) is 0 Å². The molecule has 23 heavy (non-hydrogen) atoms. The summed E-state index contributed by atoms with van der Waals surface area (Å²) >= 11 is 0. The van der Waals surface area contributed by atoms with E-state index in [1.807, 2.05) is 13.0 Å². The highest BCUT2D eigenvalue weighted by Crippen LogP contribution is 2.66. The lowest BCUT2D eigenvalue weighted by molar-refractivity contribution is -0.122. The van der Waals surface area contributed by atoms with Crippen molar-refractivity contribution in [1.82, 2.24) is 0 Å². The number of carbonyl (C=O) groups excluding carboxylic acids is 1. The van der Waals surface area contributed by atoms with Gasteiger partial charge in [-0.15, -0.1) is 0 Å². The van der Waals surface area contributed by atoms with Crippen molar-refractivity contribution in [3.8, 4) is 0 Å². The second-order valence-electron chi connectivity index (χ2n) is 9.02. The van der Waals surface area contributed by atoms with Gasteiger partial charge in [-0.3, -0.25) is 4.79 Å². The van der Waals surface area contributed by atoms with Crippen LogP contribution in [-0.2, 0) is 4.79 Å². The van der Waals surface area contributed by atoms with Crippen molar-refractivity contribution < 1.29 is 15.0 Å².